The Balaban J connectivity index is 1.69. The summed E-state index contributed by atoms with van der Waals surface area (Å²) in [6.45, 7) is 5.82. The van der Waals surface area contributed by atoms with Gasteiger partial charge >= 0.3 is 0 Å². The number of aryl methyl sites for hydroxylation is 2. The van der Waals surface area contributed by atoms with E-state index in [0.717, 1.165) is 25.9 Å². The molecule has 1 aromatic carbocycles. The van der Waals surface area contributed by atoms with Gasteiger partial charge in [-0.2, -0.15) is 4.98 Å². The molecule has 1 aliphatic heterocycles. The third-order valence-electron chi connectivity index (χ3n) is 4.27. The second kappa shape index (κ2) is 6.16. The number of halogens is 1. The van der Waals surface area contributed by atoms with Crippen molar-refractivity contribution < 1.29 is 8.91 Å². The summed E-state index contributed by atoms with van der Waals surface area (Å²) in [5.41, 5.74) is 1.01. The molecule has 3 rings (SSSR count). The van der Waals surface area contributed by atoms with E-state index in [1.54, 1.807) is 6.92 Å². The van der Waals surface area contributed by atoms with Gasteiger partial charge in [0.05, 0.1) is 0 Å². The Labute approximate surface area is 130 Å². The predicted octanol–water partition coefficient (Wildman–Crippen LogP) is 3.40. The first-order valence-electron chi connectivity index (χ1n) is 7.89. The summed E-state index contributed by atoms with van der Waals surface area (Å²) >= 11 is 0. The molecule has 0 amide bonds. The first kappa shape index (κ1) is 15.2. The molecule has 0 aliphatic carbocycles. The third kappa shape index (κ3) is 3.19. The smallest absolute Gasteiger partial charge is 0.265 e. The van der Waals surface area contributed by atoms with Crippen molar-refractivity contribution in [2.75, 3.05) is 13.1 Å². The Morgan fingerprint density at radius 2 is 2.00 bits per heavy atom. The fourth-order valence-electron chi connectivity index (χ4n) is 3.02. The van der Waals surface area contributed by atoms with Crippen LogP contribution in [0.2, 0.25) is 0 Å². The van der Waals surface area contributed by atoms with E-state index in [4.69, 9.17) is 4.52 Å². The molecule has 0 bridgehead atoms. The maximum Gasteiger partial charge on any atom is 0.265 e. The monoisotopic (exact) mass is 303 g/mol. The van der Waals surface area contributed by atoms with Crippen molar-refractivity contribution in [1.29, 1.82) is 0 Å². The topological polar surface area (TPSA) is 42.2 Å². The van der Waals surface area contributed by atoms with Gasteiger partial charge in [0.1, 0.15) is 0 Å². The molecule has 2 heterocycles. The summed E-state index contributed by atoms with van der Waals surface area (Å²) in [4.78, 5) is 6.22. The molecule has 4 nitrogen and oxygen atoms in total. The van der Waals surface area contributed by atoms with E-state index in [2.05, 4.69) is 46.2 Å². The second-order valence-corrected chi connectivity index (χ2v) is 6.10. The molecule has 2 aromatic rings. The van der Waals surface area contributed by atoms with Crippen LogP contribution in [0, 0.1) is 6.92 Å². The van der Waals surface area contributed by atoms with Gasteiger partial charge < -0.3 is 4.52 Å². The van der Waals surface area contributed by atoms with Gasteiger partial charge in [-0.1, -0.05) is 36.3 Å². The highest BCUT2D eigenvalue weighted by Crippen LogP contribution is 2.35. The van der Waals surface area contributed by atoms with Crippen molar-refractivity contribution in [3.8, 4) is 0 Å². The number of piperidine rings is 1. The molecule has 0 N–H and O–H groups in total. The van der Waals surface area contributed by atoms with Gasteiger partial charge in [-0.25, -0.2) is 4.39 Å². The molecule has 1 unspecified atom stereocenters. The molecular weight excluding hydrogens is 281 g/mol. The van der Waals surface area contributed by atoms with E-state index in [1.807, 2.05) is 0 Å². The van der Waals surface area contributed by atoms with Gasteiger partial charge in [0.15, 0.2) is 5.82 Å². The van der Waals surface area contributed by atoms with E-state index in [0.29, 0.717) is 18.8 Å². The maximum atomic E-state index is 15.2. The molecule has 5 heteroatoms. The summed E-state index contributed by atoms with van der Waals surface area (Å²) in [5.74, 6) is 0.607. The lowest BCUT2D eigenvalue weighted by Crippen LogP contribution is -2.43. The fourth-order valence-corrected chi connectivity index (χ4v) is 3.02. The lowest BCUT2D eigenvalue weighted by molar-refractivity contribution is 0.0124. The third-order valence-corrected chi connectivity index (χ3v) is 4.27. The maximum absolute atomic E-state index is 15.2. The molecule has 1 aromatic heterocycles. The number of likely N-dealkylation sites (tertiary alicyclic amines) is 1. The molecule has 1 atom stereocenters. The van der Waals surface area contributed by atoms with Crippen LogP contribution in [0.3, 0.4) is 0 Å². The van der Waals surface area contributed by atoms with Crippen LogP contribution in [-0.4, -0.2) is 28.1 Å². The van der Waals surface area contributed by atoms with Gasteiger partial charge in [-0.15, -0.1) is 0 Å². The molecule has 22 heavy (non-hydrogen) atoms. The van der Waals surface area contributed by atoms with E-state index in [1.165, 1.54) is 11.1 Å². The SMILES string of the molecule is CCc1ccc(CN2CCCC(F)(c3nc(C)no3)C2)cc1. The van der Waals surface area contributed by atoms with Crippen molar-refractivity contribution >= 4 is 0 Å². The molecule has 0 saturated carbocycles. The van der Waals surface area contributed by atoms with Crippen LogP contribution >= 0.6 is 0 Å². The van der Waals surface area contributed by atoms with Crippen molar-refractivity contribution in [3.05, 3.63) is 47.1 Å². The zero-order valence-corrected chi connectivity index (χ0v) is 13.2. The van der Waals surface area contributed by atoms with Crippen molar-refractivity contribution in [1.82, 2.24) is 15.0 Å². The minimum absolute atomic E-state index is 0.121. The molecule has 0 radical (unpaired) electrons. The standard InChI is InChI=1S/C17H22FN3O/c1-3-14-5-7-15(8-6-14)11-21-10-4-9-17(18,12-21)16-19-13(2)20-22-16/h5-8H,3-4,9-12H2,1-2H3. The van der Waals surface area contributed by atoms with Gasteiger partial charge in [-0.05, 0) is 43.9 Å². The van der Waals surface area contributed by atoms with E-state index in [9.17, 15) is 0 Å². The van der Waals surface area contributed by atoms with E-state index >= 15 is 4.39 Å². The van der Waals surface area contributed by atoms with Crippen molar-refractivity contribution in [3.63, 3.8) is 0 Å². The lowest BCUT2D eigenvalue weighted by Gasteiger charge is -2.35. The van der Waals surface area contributed by atoms with Gasteiger partial charge in [0.2, 0.25) is 5.67 Å². The molecular formula is C17H22FN3O. The minimum Gasteiger partial charge on any atom is -0.336 e. The summed E-state index contributed by atoms with van der Waals surface area (Å²) in [6, 6.07) is 8.54. The van der Waals surface area contributed by atoms with Crippen LogP contribution in [0.5, 0.6) is 0 Å². The first-order valence-corrected chi connectivity index (χ1v) is 7.89. The molecule has 1 fully saturated rings. The molecule has 0 spiro atoms. The Morgan fingerprint density at radius 3 is 2.64 bits per heavy atom. The lowest BCUT2D eigenvalue weighted by atomic mass is 9.94. The number of hydrogen-bond donors (Lipinski definition) is 0. The molecule has 1 saturated heterocycles. The zero-order chi connectivity index (χ0) is 15.6. The fraction of sp³-hybridized carbons (Fsp3) is 0.529. The summed E-state index contributed by atoms with van der Waals surface area (Å²) in [6.07, 6.45) is 2.28. The summed E-state index contributed by atoms with van der Waals surface area (Å²) in [5, 5.41) is 3.72. The quantitative estimate of drug-likeness (QED) is 0.868. The average Bonchev–Trinajstić information content (AvgIpc) is 2.96. The van der Waals surface area contributed by atoms with E-state index < -0.39 is 5.67 Å². The highest BCUT2D eigenvalue weighted by Gasteiger charge is 2.42. The second-order valence-electron chi connectivity index (χ2n) is 6.10. The predicted molar refractivity (Wildman–Crippen MR) is 82.2 cm³/mol. The Hall–Kier alpha value is -1.75. The van der Waals surface area contributed by atoms with Crippen LogP contribution in [0.1, 0.15) is 42.6 Å². The number of nitrogens with zero attached hydrogens (tertiary/aromatic N) is 3. The number of benzene rings is 1. The number of alkyl halides is 1. The minimum atomic E-state index is -1.52. The summed E-state index contributed by atoms with van der Waals surface area (Å²) < 4.78 is 20.2. The highest BCUT2D eigenvalue weighted by atomic mass is 19.1. The highest BCUT2D eigenvalue weighted by molar-refractivity contribution is 5.22. The van der Waals surface area contributed by atoms with Gasteiger partial charge in [-0.3, -0.25) is 4.90 Å². The van der Waals surface area contributed by atoms with Crippen LogP contribution < -0.4 is 0 Å². The van der Waals surface area contributed by atoms with Crippen molar-refractivity contribution in [2.45, 2.75) is 45.3 Å². The first-order chi connectivity index (χ1) is 10.6. The molecule has 118 valence electrons. The van der Waals surface area contributed by atoms with E-state index in [-0.39, 0.29) is 5.89 Å². The van der Waals surface area contributed by atoms with Crippen molar-refractivity contribution in [2.24, 2.45) is 0 Å². The van der Waals surface area contributed by atoms with Crippen LogP contribution in [0.15, 0.2) is 28.8 Å². The number of rotatable bonds is 4. The van der Waals surface area contributed by atoms with Crippen LogP contribution in [0.4, 0.5) is 4.39 Å². The Bertz CT molecular complexity index is 625. The Kier molecular flexibility index (Phi) is 4.25. The normalized spacial score (nSPS) is 22.9. The van der Waals surface area contributed by atoms with Gasteiger partial charge in [0.25, 0.3) is 5.89 Å². The largest absolute Gasteiger partial charge is 0.336 e. The summed E-state index contributed by atoms with van der Waals surface area (Å²) in [7, 11) is 0. The van der Waals surface area contributed by atoms with Gasteiger partial charge in [0, 0.05) is 13.1 Å². The van der Waals surface area contributed by atoms with Crippen LogP contribution in [0.25, 0.3) is 0 Å². The Morgan fingerprint density at radius 1 is 1.27 bits per heavy atom. The molecule has 1 aliphatic rings. The van der Waals surface area contributed by atoms with Crippen LogP contribution in [-0.2, 0) is 18.6 Å². The average molecular weight is 303 g/mol. The zero-order valence-electron chi connectivity index (χ0n) is 13.2. The number of hydrogen-bond acceptors (Lipinski definition) is 4. The number of aromatic nitrogens is 2.